The summed E-state index contributed by atoms with van der Waals surface area (Å²) in [5.74, 6) is 0. The molecule has 7 aromatic rings. The zero-order valence-corrected chi connectivity index (χ0v) is 20.0. The molecule has 0 spiro atoms. The number of rotatable bonds is 3. The molecule has 2 nitrogen and oxygen atoms in total. The van der Waals surface area contributed by atoms with Gasteiger partial charge in [0, 0.05) is 11.5 Å². The molecule has 0 aliphatic carbocycles. The second-order valence-corrected chi connectivity index (χ2v) is 9.30. The first-order chi connectivity index (χ1) is 18.3. The number of benzene rings is 6. The van der Waals surface area contributed by atoms with Gasteiger partial charge >= 0.3 is 5.63 Å². The summed E-state index contributed by atoms with van der Waals surface area (Å²) in [4.78, 5) is 11.8. The lowest BCUT2D eigenvalue weighted by atomic mass is 9.85. The Morgan fingerprint density at radius 2 is 0.919 bits per heavy atom. The van der Waals surface area contributed by atoms with Crippen molar-refractivity contribution in [2.45, 2.75) is 0 Å². The van der Waals surface area contributed by atoms with Crippen LogP contribution in [0.15, 0.2) is 143 Å². The lowest BCUT2D eigenvalue weighted by molar-refractivity contribution is 0.561. The van der Waals surface area contributed by atoms with Crippen LogP contribution in [0.2, 0.25) is 0 Å². The minimum atomic E-state index is -0.339. The van der Waals surface area contributed by atoms with Crippen molar-refractivity contribution in [2.75, 3.05) is 0 Å². The summed E-state index contributed by atoms with van der Waals surface area (Å²) in [6.45, 7) is 0. The molecule has 0 N–H and O–H groups in total. The summed E-state index contributed by atoms with van der Waals surface area (Å²) >= 11 is 0. The average Bonchev–Trinajstić information content (AvgIpc) is 2.96. The third kappa shape index (κ3) is 3.62. The van der Waals surface area contributed by atoms with Crippen LogP contribution in [0.25, 0.3) is 65.9 Å². The van der Waals surface area contributed by atoms with Crippen molar-refractivity contribution in [2.24, 2.45) is 0 Å². The topological polar surface area (TPSA) is 30.2 Å². The molecule has 0 bridgehead atoms. The molecule has 6 aromatic carbocycles. The molecule has 0 unspecified atom stereocenters. The van der Waals surface area contributed by atoms with Crippen LogP contribution in [0, 0.1) is 0 Å². The lowest BCUT2D eigenvalue weighted by Gasteiger charge is -2.18. The van der Waals surface area contributed by atoms with Crippen molar-refractivity contribution in [3.8, 4) is 33.4 Å². The van der Waals surface area contributed by atoms with Crippen LogP contribution in [-0.4, -0.2) is 0 Å². The molecule has 7 rings (SSSR count). The smallest absolute Gasteiger partial charge is 0.336 e. The van der Waals surface area contributed by atoms with Crippen molar-refractivity contribution in [1.82, 2.24) is 0 Å². The molecule has 0 radical (unpaired) electrons. The standard InChI is InChI=1S/C35H22O2/c36-33-20-18-23-15-16-27(22-32(23)37-33)26-17-19-30-31(21-26)35(25-11-5-2-6-12-25)29-14-8-7-13-28(29)34(30)24-9-3-1-4-10-24/h1-22H. The van der Waals surface area contributed by atoms with Gasteiger partial charge in [-0.15, -0.1) is 0 Å². The van der Waals surface area contributed by atoms with E-state index in [0.29, 0.717) is 5.58 Å². The van der Waals surface area contributed by atoms with E-state index in [9.17, 15) is 4.79 Å². The van der Waals surface area contributed by atoms with E-state index in [-0.39, 0.29) is 5.63 Å². The van der Waals surface area contributed by atoms with Gasteiger partial charge in [-0.2, -0.15) is 0 Å². The predicted octanol–water partition coefficient (Wildman–Crippen LogP) is 9.10. The lowest BCUT2D eigenvalue weighted by Crippen LogP contribution is -1.94. The largest absolute Gasteiger partial charge is 0.423 e. The molecular formula is C35H22O2. The first-order valence-electron chi connectivity index (χ1n) is 12.4. The van der Waals surface area contributed by atoms with E-state index in [2.05, 4.69) is 109 Å². The third-order valence-electron chi connectivity index (χ3n) is 7.11. The highest BCUT2D eigenvalue weighted by molar-refractivity contribution is 6.21. The Balaban J connectivity index is 1.59. The Morgan fingerprint density at radius 3 is 1.59 bits per heavy atom. The molecule has 0 saturated heterocycles. The molecule has 0 atom stereocenters. The minimum absolute atomic E-state index is 0.339. The minimum Gasteiger partial charge on any atom is -0.423 e. The normalized spacial score (nSPS) is 11.4. The molecule has 0 amide bonds. The first-order valence-corrected chi connectivity index (χ1v) is 12.4. The van der Waals surface area contributed by atoms with Gasteiger partial charge in [0.15, 0.2) is 0 Å². The fourth-order valence-corrected chi connectivity index (χ4v) is 5.43. The Hall–Kier alpha value is -4.95. The van der Waals surface area contributed by atoms with E-state index in [0.717, 1.165) is 16.5 Å². The fourth-order valence-electron chi connectivity index (χ4n) is 5.43. The summed E-state index contributed by atoms with van der Waals surface area (Å²) in [6.07, 6.45) is 0. The molecule has 0 aliphatic rings. The van der Waals surface area contributed by atoms with Crippen LogP contribution < -0.4 is 5.63 Å². The van der Waals surface area contributed by atoms with Crippen molar-refractivity contribution in [3.05, 3.63) is 144 Å². The monoisotopic (exact) mass is 474 g/mol. The summed E-state index contributed by atoms with van der Waals surface area (Å²) in [7, 11) is 0. The summed E-state index contributed by atoms with van der Waals surface area (Å²) in [5, 5.41) is 5.77. The second-order valence-electron chi connectivity index (χ2n) is 9.30. The number of hydrogen-bond acceptors (Lipinski definition) is 2. The van der Waals surface area contributed by atoms with Gasteiger partial charge in [0.25, 0.3) is 0 Å². The molecule has 0 fully saturated rings. The summed E-state index contributed by atoms with van der Waals surface area (Å²) < 4.78 is 5.48. The van der Waals surface area contributed by atoms with Crippen molar-refractivity contribution < 1.29 is 4.42 Å². The van der Waals surface area contributed by atoms with Gasteiger partial charge < -0.3 is 4.42 Å². The molecule has 1 aromatic heterocycles. The summed E-state index contributed by atoms with van der Waals surface area (Å²) in [6, 6.07) is 45.9. The molecule has 1 heterocycles. The van der Waals surface area contributed by atoms with Crippen LogP contribution in [0.5, 0.6) is 0 Å². The van der Waals surface area contributed by atoms with Gasteiger partial charge in [0.05, 0.1) is 0 Å². The molecule has 37 heavy (non-hydrogen) atoms. The second kappa shape index (κ2) is 8.61. The molecule has 174 valence electrons. The van der Waals surface area contributed by atoms with Gasteiger partial charge in [0.2, 0.25) is 0 Å². The maximum Gasteiger partial charge on any atom is 0.336 e. The van der Waals surface area contributed by atoms with Crippen molar-refractivity contribution in [1.29, 1.82) is 0 Å². The Kier molecular flexibility index (Phi) is 4.97. The van der Waals surface area contributed by atoms with Crippen LogP contribution in [0.3, 0.4) is 0 Å². The van der Waals surface area contributed by atoms with Gasteiger partial charge in [-0.3, -0.25) is 0 Å². The third-order valence-corrected chi connectivity index (χ3v) is 7.11. The first kappa shape index (κ1) is 21.3. The van der Waals surface area contributed by atoms with Crippen LogP contribution in [0.1, 0.15) is 0 Å². The zero-order valence-electron chi connectivity index (χ0n) is 20.0. The highest BCUT2D eigenvalue weighted by Gasteiger charge is 2.17. The van der Waals surface area contributed by atoms with Gasteiger partial charge in [-0.1, -0.05) is 109 Å². The maximum absolute atomic E-state index is 11.8. The van der Waals surface area contributed by atoms with Crippen molar-refractivity contribution >= 4 is 32.5 Å². The van der Waals surface area contributed by atoms with E-state index in [1.807, 2.05) is 12.1 Å². The molecule has 0 aliphatic heterocycles. The van der Waals surface area contributed by atoms with E-state index in [1.165, 1.54) is 49.9 Å². The van der Waals surface area contributed by atoms with E-state index in [4.69, 9.17) is 4.42 Å². The van der Waals surface area contributed by atoms with Gasteiger partial charge in [0.1, 0.15) is 5.58 Å². The zero-order chi connectivity index (χ0) is 24.8. The van der Waals surface area contributed by atoms with E-state index >= 15 is 0 Å². The van der Waals surface area contributed by atoms with Crippen LogP contribution in [-0.2, 0) is 0 Å². The SMILES string of the molecule is O=c1ccc2ccc(-c3ccc4c(-c5ccccc5)c5ccccc5c(-c5ccccc5)c4c3)cc2o1. The molecular weight excluding hydrogens is 452 g/mol. The Morgan fingerprint density at radius 1 is 0.405 bits per heavy atom. The molecule has 0 saturated carbocycles. The quantitative estimate of drug-likeness (QED) is 0.189. The Bertz CT molecular complexity index is 1980. The van der Waals surface area contributed by atoms with Crippen LogP contribution >= 0.6 is 0 Å². The average molecular weight is 475 g/mol. The van der Waals surface area contributed by atoms with E-state index in [1.54, 1.807) is 6.07 Å². The number of hydrogen-bond donors (Lipinski definition) is 0. The number of fused-ring (bicyclic) bond motifs is 3. The van der Waals surface area contributed by atoms with Gasteiger partial charge in [-0.05, 0) is 73.1 Å². The highest BCUT2D eigenvalue weighted by Crippen LogP contribution is 2.44. The van der Waals surface area contributed by atoms with Crippen LogP contribution in [0.4, 0.5) is 0 Å². The maximum atomic E-state index is 11.8. The predicted molar refractivity (Wildman–Crippen MR) is 154 cm³/mol. The fraction of sp³-hybridized carbons (Fsp3) is 0. The molecule has 2 heteroatoms. The summed E-state index contributed by atoms with van der Waals surface area (Å²) in [5.41, 5.74) is 7.19. The van der Waals surface area contributed by atoms with Gasteiger partial charge in [-0.25, -0.2) is 4.79 Å². The van der Waals surface area contributed by atoms with Crippen molar-refractivity contribution in [3.63, 3.8) is 0 Å². The highest BCUT2D eigenvalue weighted by atomic mass is 16.4. The Labute approximate surface area is 214 Å². The van der Waals surface area contributed by atoms with E-state index < -0.39 is 0 Å².